The minimum atomic E-state index is -0.265. The predicted octanol–water partition coefficient (Wildman–Crippen LogP) is 2.74. The number of esters is 1. The predicted molar refractivity (Wildman–Crippen MR) is 94.2 cm³/mol. The summed E-state index contributed by atoms with van der Waals surface area (Å²) in [5, 5.41) is 11.0. The van der Waals surface area contributed by atoms with E-state index in [1.54, 1.807) is 6.20 Å². The molecule has 0 amide bonds. The minimum absolute atomic E-state index is 0.172. The molecule has 5 heteroatoms. The van der Waals surface area contributed by atoms with Crippen LogP contribution in [0.5, 0.6) is 0 Å². The normalized spacial score (nSPS) is 30.5. The van der Waals surface area contributed by atoms with Crippen molar-refractivity contribution in [1.29, 1.82) is 0 Å². The Bertz CT molecular complexity index is 884. The summed E-state index contributed by atoms with van der Waals surface area (Å²) in [6, 6.07) is 6.43. The molecule has 0 spiro atoms. The first-order valence-corrected chi connectivity index (χ1v) is 9.02. The summed E-state index contributed by atoms with van der Waals surface area (Å²) < 4.78 is 5.83. The second-order valence-electron chi connectivity index (χ2n) is 7.66. The van der Waals surface area contributed by atoms with Gasteiger partial charge < -0.3 is 19.7 Å². The summed E-state index contributed by atoms with van der Waals surface area (Å²) in [4.78, 5) is 18.2. The Kier molecular flexibility index (Phi) is 3.22. The van der Waals surface area contributed by atoms with Crippen LogP contribution in [0.2, 0.25) is 0 Å². The molecule has 25 heavy (non-hydrogen) atoms. The Morgan fingerprint density at radius 1 is 1.36 bits per heavy atom. The number of rotatable bonds is 2. The van der Waals surface area contributed by atoms with Gasteiger partial charge in [0.05, 0.1) is 11.7 Å². The summed E-state index contributed by atoms with van der Waals surface area (Å²) in [6.07, 6.45) is 6.17. The highest BCUT2D eigenvalue weighted by Gasteiger charge is 2.45. The lowest BCUT2D eigenvalue weighted by atomic mass is 9.75. The van der Waals surface area contributed by atoms with Gasteiger partial charge in [-0.3, -0.25) is 0 Å². The number of ether oxygens (including phenoxy) is 1. The van der Waals surface area contributed by atoms with E-state index in [4.69, 9.17) is 4.74 Å². The van der Waals surface area contributed by atoms with Gasteiger partial charge in [0, 0.05) is 41.8 Å². The first-order chi connectivity index (χ1) is 12.1. The van der Waals surface area contributed by atoms with E-state index in [1.165, 1.54) is 5.70 Å². The summed E-state index contributed by atoms with van der Waals surface area (Å²) >= 11 is 0. The van der Waals surface area contributed by atoms with Gasteiger partial charge in [0.1, 0.15) is 6.10 Å². The first kappa shape index (κ1) is 15.0. The molecule has 0 radical (unpaired) electrons. The number of H-pyrrole nitrogens is 1. The first-order valence-electron chi connectivity index (χ1n) is 9.02. The molecule has 3 saturated heterocycles. The average molecular weight is 338 g/mol. The molecule has 4 aliphatic heterocycles. The van der Waals surface area contributed by atoms with E-state index in [0.717, 1.165) is 42.3 Å². The number of carbonyl (C=O) groups is 1. The number of aromatic nitrogens is 1. The van der Waals surface area contributed by atoms with Gasteiger partial charge >= 0.3 is 5.97 Å². The number of aliphatic hydroxyl groups is 1. The zero-order valence-electron chi connectivity index (χ0n) is 14.2. The van der Waals surface area contributed by atoms with Crippen LogP contribution >= 0.6 is 0 Å². The van der Waals surface area contributed by atoms with E-state index in [9.17, 15) is 9.90 Å². The summed E-state index contributed by atoms with van der Waals surface area (Å²) in [5.74, 6) is 0.105. The lowest BCUT2D eigenvalue weighted by Crippen LogP contribution is -2.57. The summed E-state index contributed by atoms with van der Waals surface area (Å²) in [7, 11) is 0. The van der Waals surface area contributed by atoms with Gasteiger partial charge in [-0.1, -0.05) is 11.6 Å². The van der Waals surface area contributed by atoms with Crippen LogP contribution in [0.3, 0.4) is 0 Å². The third-order valence-electron chi connectivity index (χ3n) is 5.98. The number of aryl methyl sites for hydroxylation is 1. The molecule has 3 fully saturated rings. The molecule has 2 N–H and O–H groups in total. The van der Waals surface area contributed by atoms with Gasteiger partial charge in [0.15, 0.2) is 0 Å². The van der Waals surface area contributed by atoms with Crippen molar-refractivity contribution in [1.82, 2.24) is 9.88 Å². The number of aliphatic hydroxyl groups excluding tert-OH is 1. The molecular weight excluding hydrogens is 316 g/mol. The van der Waals surface area contributed by atoms with Gasteiger partial charge in [-0.15, -0.1) is 0 Å². The van der Waals surface area contributed by atoms with Crippen LogP contribution in [-0.2, 0) is 4.74 Å². The van der Waals surface area contributed by atoms with Crippen molar-refractivity contribution in [2.75, 3.05) is 6.54 Å². The number of hydrogen-bond acceptors (Lipinski definition) is 4. The second-order valence-corrected chi connectivity index (χ2v) is 7.66. The van der Waals surface area contributed by atoms with Crippen molar-refractivity contribution in [2.24, 2.45) is 5.92 Å². The quantitative estimate of drug-likeness (QED) is 0.827. The van der Waals surface area contributed by atoms with E-state index in [-0.39, 0.29) is 18.2 Å². The Morgan fingerprint density at radius 3 is 3.04 bits per heavy atom. The van der Waals surface area contributed by atoms with Crippen molar-refractivity contribution in [2.45, 2.75) is 44.4 Å². The number of carbonyl (C=O) groups excluding carboxylic acids is 1. The Balaban J connectivity index is 1.38. The Morgan fingerprint density at radius 2 is 2.24 bits per heavy atom. The fourth-order valence-corrected chi connectivity index (χ4v) is 4.71. The minimum Gasteiger partial charge on any atom is -0.454 e. The number of fused-ring (bicyclic) bond motifs is 2. The third-order valence-corrected chi connectivity index (χ3v) is 5.98. The van der Waals surface area contributed by atoms with Crippen LogP contribution in [-0.4, -0.2) is 45.8 Å². The van der Waals surface area contributed by atoms with Crippen LogP contribution < -0.4 is 0 Å². The summed E-state index contributed by atoms with van der Waals surface area (Å²) in [6.45, 7) is 2.75. The standard InChI is InChI=1S/C20H22N2O3/c1-11-2-3-18-16(4-11)17(9-21-18)20(24)25-15-7-13-5-12-6-14(8-15)22(13)10-19(12)23/h2-4,7,9,12,14-15,19,21,23H,5-6,8,10H2,1H3. The molecule has 4 unspecified atom stereocenters. The van der Waals surface area contributed by atoms with Crippen LogP contribution in [0.4, 0.5) is 0 Å². The number of hydrogen-bond donors (Lipinski definition) is 2. The van der Waals surface area contributed by atoms with Crippen molar-refractivity contribution in [3.8, 4) is 0 Å². The maximum absolute atomic E-state index is 12.7. The fourth-order valence-electron chi connectivity index (χ4n) is 4.71. The molecule has 0 aliphatic carbocycles. The fraction of sp³-hybridized carbons (Fsp3) is 0.450. The Labute approximate surface area is 146 Å². The van der Waals surface area contributed by atoms with Gasteiger partial charge in [-0.2, -0.15) is 0 Å². The van der Waals surface area contributed by atoms with Gasteiger partial charge in [0.2, 0.25) is 0 Å². The molecule has 5 nitrogen and oxygen atoms in total. The molecule has 0 saturated carbocycles. The van der Waals surface area contributed by atoms with E-state index in [2.05, 4.69) is 16.0 Å². The van der Waals surface area contributed by atoms with Crippen LogP contribution in [0.15, 0.2) is 36.2 Å². The summed E-state index contributed by atoms with van der Waals surface area (Å²) in [5.41, 5.74) is 3.92. The zero-order valence-corrected chi connectivity index (χ0v) is 14.2. The van der Waals surface area contributed by atoms with Crippen LogP contribution in [0.25, 0.3) is 10.9 Å². The van der Waals surface area contributed by atoms with Crippen molar-refractivity contribution in [3.63, 3.8) is 0 Å². The number of benzene rings is 1. The second kappa shape index (κ2) is 5.36. The van der Waals surface area contributed by atoms with Crippen LogP contribution in [0, 0.1) is 12.8 Å². The number of aromatic amines is 1. The molecule has 6 rings (SSSR count). The SMILES string of the molecule is Cc1ccc2[nH]cc(C(=O)OC3C=C4CC5CC(C3)N4CC5O)c2c1. The molecule has 1 aromatic heterocycles. The zero-order chi connectivity index (χ0) is 17.1. The van der Waals surface area contributed by atoms with Gasteiger partial charge in [-0.05, 0) is 43.9 Å². The molecule has 4 bridgehead atoms. The van der Waals surface area contributed by atoms with E-state index in [0.29, 0.717) is 17.5 Å². The molecule has 2 aromatic rings. The average Bonchev–Trinajstić information content (AvgIpc) is 2.98. The number of piperidine rings is 3. The maximum Gasteiger partial charge on any atom is 0.340 e. The monoisotopic (exact) mass is 338 g/mol. The lowest BCUT2D eigenvalue weighted by Gasteiger charge is -2.53. The van der Waals surface area contributed by atoms with E-state index < -0.39 is 0 Å². The molecule has 4 atom stereocenters. The highest BCUT2D eigenvalue weighted by Crippen LogP contribution is 2.43. The van der Waals surface area contributed by atoms with Crippen molar-refractivity contribution in [3.05, 3.63) is 47.3 Å². The maximum atomic E-state index is 12.7. The van der Waals surface area contributed by atoms with Gasteiger partial charge in [-0.25, -0.2) is 4.79 Å². The molecule has 5 heterocycles. The molecule has 130 valence electrons. The van der Waals surface area contributed by atoms with Gasteiger partial charge in [0.25, 0.3) is 0 Å². The van der Waals surface area contributed by atoms with Crippen LogP contribution in [0.1, 0.15) is 35.2 Å². The topological polar surface area (TPSA) is 65.6 Å². The molecule has 4 aliphatic rings. The number of allylic oxidation sites excluding steroid dienone is 1. The molecule has 1 aromatic carbocycles. The highest BCUT2D eigenvalue weighted by atomic mass is 16.5. The number of nitrogens with zero attached hydrogens (tertiary/aromatic N) is 1. The van der Waals surface area contributed by atoms with Crippen molar-refractivity contribution >= 4 is 16.9 Å². The molecular formula is C20H22N2O3. The van der Waals surface area contributed by atoms with E-state index in [1.807, 2.05) is 25.1 Å². The Hall–Kier alpha value is -2.27. The third kappa shape index (κ3) is 2.37. The number of nitrogens with one attached hydrogen (secondary N) is 1. The highest BCUT2D eigenvalue weighted by molar-refractivity contribution is 6.04. The smallest absolute Gasteiger partial charge is 0.340 e. The van der Waals surface area contributed by atoms with E-state index >= 15 is 0 Å². The largest absolute Gasteiger partial charge is 0.454 e. The lowest BCUT2D eigenvalue weighted by molar-refractivity contribution is -0.0511. The van der Waals surface area contributed by atoms with Crippen molar-refractivity contribution < 1.29 is 14.6 Å².